The zero-order valence-electron chi connectivity index (χ0n) is 15.1. The second-order valence-corrected chi connectivity index (χ2v) is 5.58. The van der Waals surface area contributed by atoms with E-state index in [4.69, 9.17) is 0 Å². The van der Waals surface area contributed by atoms with Crippen molar-refractivity contribution in [2.75, 3.05) is 0 Å². The van der Waals surface area contributed by atoms with E-state index in [0.29, 0.717) is 0 Å². The van der Waals surface area contributed by atoms with Crippen LogP contribution in [-0.4, -0.2) is 0 Å². The summed E-state index contributed by atoms with van der Waals surface area (Å²) in [5, 5.41) is 0. The predicted octanol–water partition coefficient (Wildman–Crippen LogP) is 4.16. The molecule has 0 rings (SSSR count). The second kappa shape index (κ2) is 20.7. The van der Waals surface area contributed by atoms with Crippen LogP contribution in [0.5, 0.6) is 0 Å². The van der Waals surface area contributed by atoms with Crippen molar-refractivity contribution in [2.24, 2.45) is 0 Å². The van der Waals surface area contributed by atoms with Gasteiger partial charge in [-0.1, -0.05) is 90.2 Å². The number of hydrogen-bond acceptors (Lipinski definition) is 0. The molecule has 0 aromatic rings. The van der Waals surface area contributed by atoms with E-state index in [1.165, 1.54) is 89.9 Å². The van der Waals surface area contributed by atoms with E-state index in [0.717, 1.165) is 0 Å². The van der Waals surface area contributed by atoms with Crippen molar-refractivity contribution < 1.29 is 20.3 Å². The van der Waals surface area contributed by atoms with Crippen LogP contribution in [-0.2, 0) is 0 Å². The number of hydrogen-bond donors (Lipinski definition) is 0. The fraction of sp³-hybridized carbons (Fsp3) is 0.889. The van der Waals surface area contributed by atoms with Crippen LogP contribution >= 0.6 is 0 Å². The molecule has 0 spiro atoms. The maximum atomic E-state index is 2.41. The van der Waals surface area contributed by atoms with Gasteiger partial charge in [0.2, 0.25) is 0 Å². The fourth-order valence-corrected chi connectivity index (χ4v) is 2.32. The molecule has 0 aliphatic heterocycles. The van der Waals surface area contributed by atoms with Gasteiger partial charge in [-0.2, -0.15) is 0 Å². The third kappa shape index (κ3) is 20.8. The molecule has 0 aliphatic carbocycles. The Morgan fingerprint density at radius 1 is 0.526 bits per heavy atom. The molecule has 0 amide bonds. The van der Waals surface area contributed by atoms with Crippen LogP contribution in [0.3, 0.4) is 0 Å². The molecule has 0 heterocycles. The number of allylic oxidation sites excluding steroid dienone is 2. The summed E-state index contributed by atoms with van der Waals surface area (Å²) in [4.78, 5) is 0. The maximum Gasteiger partial charge on any atom is 1.00 e. The summed E-state index contributed by atoms with van der Waals surface area (Å²) in [6, 6.07) is 0. The van der Waals surface area contributed by atoms with Crippen molar-refractivity contribution in [2.45, 2.75) is 104 Å². The molecule has 0 fully saturated rings. The smallest absolute Gasteiger partial charge is 1.00 e. The Morgan fingerprint density at radius 3 is 1.21 bits per heavy atom. The van der Waals surface area contributed by atoms with Gasteiger partial charge in [0.05, 0.1) is 0 Å². The molecule has 0 aliphatic rings. The Balaban J connectivity index is -0.00000144. The Labute approximate surface area is 136 Å². The second-order valence-electron chi connectivity index (χ2n) is 5.58. The van der Waals surface area contributed by atoms with Gasteiger partial charge in [-0.25, -0.2) is 0 Å². The van der Waals surface area contributed by atoms with Gasteiger partial charge in [0.1, 0.15) is 0 Å². The SMILES string of the molecule is CCCCCCCC/C=C\CCCCCCCC.[H-].[Li+]. The number of rotatable bonds is 14. The quantitative estimate of drug-likeness (QED) is 0.250. The van der Waals surface area contributed by atoms with E-state index in [-0.39, 0.29) is 20.3 Å². The standard InChI is InChI=1S/C18H36.Li.H/c1-3-5-7-9-11-13-15-17-18-16-14-12-10-8-6-4-2;;/h17-18H,3-16H2,1-2H3;;/q;+1;-1/b18-17-;;. The molecule has 110 valence electrons. The average molecular weight is 260 g/mol. The van der Waals surface area contributed by atoms with E-state index in [1.807, 2.05) is 0 Å². The Bertz CT molecular complexity index is 151. The maximum absolute atomic E-state index is 2.41. The molecule has 0 aromatic heterocycles. The molecule has 19 heavy (non-hydrogen) atoms. The Morgan fingerprint density at radius 2 is 0.842 bits per heavy atom. The third-order valence-electron chi connectivity index (χ3n) is 3.62. The Kier molecular flexibility index (Phi) is 23.5. The first kappa shape index (κ1) is 21.6. The summed E-state index contributed by atoms with van der Waals surface area (Å²) < 4.78 is 0. The van der Waals surface area contributed by atoms with Crippen molar-refractivity contribution >= 4 is 0 Å². The van der Waals surface area contributed by atoms with Gasteiger partial charge in [0.15, 0.2) is 0 Å². The van der Waals surface area contributed by atoms with Gasteiger partial charge in [-0.3, -0.25) is 0 Å². The molecule has 1 heteroatoms. The zero-order valence-corrected chi connectivity index (χ0v) is 14.1. The molecule has 0 aromatic carbocycles. The van der Waals surface area contributed by atoms with Crippen molar-refractivity contribution in [3.8, 4) is 0 Å². The van der Waals surface area contributed by atoms with E-state index < -0.39 is 0 Å². The fourth-order valence-electron chi connectivity index (χ4n) is 2.32. The first-order valence-electron chi connectivity index (χ1n) is 8.56. The van der Waals surface area contributed by atoms with Crippen LogP contribution < -0.4 is 18.9 Å². The van der Waals surface area contributed by atoms with Gasteiger partial charge >= 0.3 is 18.9 Å². The minimum absolute atomic E-state index is 0. The van der Waals surface area contributed by atoms with Gasteiger partial charge in [0, 0.05) is 0 Å². The van der Waals surface area contributed by atoms with E-state index >= 15 is 0 Å². The summed E-state index contributed by atoms with van der Waals surface area (Å²) in [6.45, 7) is 4.57. The zero-order chi connectivity index (χ0) is 13.3. The molecule has 0 unspecified atom stereocenters. The third-order valence-corrected chi connectivity index (χ3v) is 3.62. The van der Waals surface area contributed by atoms with Crippen LogP contribution in [0, 0.1) is 0 Å². The minimum atomic E-state index is 0. The average Bonchev–Trinajstić information content (AvgIpc) is 2.39. The normalized spacial score (nSPS) is 10.8. The molecule has 0 nitrogen and oxygen atoms in total. The van der Waals surface area contributed by atoms with Crippen LogP contribution in [0.2, 0.25) is 0 Å². The van der Waals surface area contributed by atoms with Gasteiger partial charge in [-0.05, 0) is 25.7 Å². The summed E-state index contributed by atoms with van der Waals surface area (Å²) >= 11 is 0. The molecule has 0 N–H and O–H groups in total. The largest absolute Gasteiger partial charge is 1.00 e. The van der Waals surface area contributed by atoms with Crippen LogP contribution in [0.25, 0.3) is 0 Å². The van der Waals surface area contributed by atoms with Crippen LogP contribution in [0.1, 0.15) is 105 Å². The molecule has 0 saturated carbocycles. The monoisotopic (exact) mass is 260 g/mol. The van der Waals surface area contributed by atoms with E-state index in [9.17, 15) is 0 Å². The topological polar surface area (TPSA) is 0 Å². The molecule has 0 bridgehead atoms. The molecular weight excluding hydrogens is 223 g/mol. The summed E-state index contributed by atoms with van der Waals surface area (Å²) in [5.41, 5.74) is 0. The van der Waals surface area contributed by atoms with Crippen molar-refractivity contribution in [3.63, 3.8) is 0 Å². The minimum Gasteiger partial charge on any atom is -1.00 e. The molecule has 0 saturated heterocycles. The summed E-state index contributed by atoms with van der Waals surface area (Å²) in [6.07, 6.45) is 24.4. The first-order chi connectivity index (χ1) is 8.91. The number of unbranched alkanes of at least 4 members (excludes halogenated alkanes) is 12. The van der Waals surface area contributed by atoms with Gasteiger partial charge < -0.3 is 1.43 Å². The van der Waals surface area contributed by atoms with Gasteiger partial charge in [-0.15, -0.1) is 0 Å². The summed E-state index contributed by atoms with van der Waals surface area (Å²) in [7, 11) is 0. The molecule has 0 radical (unpaired) electrons. The van der Waals surface area contributed by atoms with Crippen molar-refractivity contribution in [1.29, 1.82) is 0 Å². The Hall–Kier alpha value is 0.337. The van der Waals surface area contributed by atoms with Crippen molar-refractivity contribution in [1.82, 2.24) is 0 Å². The molecule has 0 atom stereocenters. The van der Waals surface area contributed by atoms with Gasteiger partial charge in [0.25, 0.3) is 0 Å². The van der Waals surface area contributed by atoms with E-state index in [1.54, 1.807) is 0 Å². The first-order valence-corrected chi connectivity index (χ1v) is 8.56. The van der Waals surface area contributed by atoms with Crippen LogP contribution in [0.4, 0.5) is 0 Å². The molecular formula is C18H37Li. The van der Waals surface area contributed by atoms with E-state index in [2.05, 4.69) is 26.0 Å². The predicted molar refractivity (Wildman–Crippen MR) is 86.2 cm³/mol. The van der Waals surface area contributed by atoms with Crippen LogP contribution in [0.15, 0.2) is 12.2 Å². The van der Waals surface area contributed by atoms with Crippen molar-refractivity contribution in [3.05, 3.63) is 12.2 Å². The summed E-state index contributed by atoms with van der Waals surface area (Å²) in [5.74, 6) is 0.